The molecule has 0 heterocycles. The maximum absolute atomic E-state index is 5.89. The van der Waals surface area contributed by atoms with Gasteiger partial charge in [0.1, 0.15) is 0 Å². The minimum absolute atomic E-state index is 0.179. The van der Waals surface area contributed by atoms with Crippen LogP contribution in [0.5, 0.6) is 0 Å². The summed E-state index contributed by atoms with van der Waals surface area (Å²) < 4.78 is 0. The first kappa shape index (κ1) is 10.3. The molecular weight excluding hydrogens is 167 g/mol. The lowest BCUT2D eigenvalue weighted by Crippen LogP contribution is -1.92. The molecule has 0 aromatic heterocycles. The Bertz CT molecular complexity index is 89.3. The van der Waals surface area contributed by atoms with Crippen molar-refractivity contribution in [2.75, 3.05) is 5.88 Å². The van der Waals surface area contributed by atoms with Gasteiger partial charge in [0.25, 0.3) is 0 Å². The molecule has 0 aliphatic carbocycles. The largest absolute Gasteiger partial charge is 0.122 e. The summed E-state index contributed by atoms with van der Waals surface area (Å²) in [5.74, 6) is 0.565. The van der Waals surface area contributed by atoms with Crippen molar-refractivity contribution in [2.24, 2.45) is 0 Å². The van der Waals surface area contributed by atoms with Gasteiger partial charge in [0.15, 0.2) is 0 Å². The molecule has 0 amide bonds. The smallest absolute Gasteiger partial charge is 0.0516 e. The number of rotatable bonds is 5. The van der Waals surface area contributed by atoms with Crippen LogP contribution >= 0.6 is 23.2 Å². The third kappa shape index (κ3) is 6.44. The molecular formula is C8H14Cl2. The first-order valence-corrected chi connectivity index (χ1v) is 4.65. The van der Waals surface area contributed by atoms with Gasteiger partial charge < -0.3 is 0 Å². The van der Waals surface area contributed by atoms with Crippen LogP contribution < -0.4 is 0 Å². The van der Waals surface area contributed by atoms with Gasteiger partial charge in [-0.05, 0) is 6.42 Å². The normalized spacial score (nSPS) is 14.3. The fraction of sp³-hybridized carbons (Fsp3) is 0.750. The Hall–Kier alpha value is 0.320. The topological polar surface area (TPSA) is 0 Å². The van der Waals surface area contributed by atoms with Crippen LogP contribution in [0.15, 0.2) is 12.2 Å². The Morgan fingerprint density at radius 2 is 2.20 bits per heavy atom. The van der Waals surface area contributed by atoms with E-state index in [1.54, 1.807) is 0 Å². The van der Waals surface area contributed by atoms with Crippen molar-refractivity contribution < 1.29 is 0 Å². The van der Waals surface area contributed by atoms with Crippen LogP contribution in [0.1, 0.15) is 26.2 Å². The van der Waals surface area contributed by atoms with E-state index in [0.717, 1.165) is 6.42 Å². The average molecular weight is 181 g/mol. The summed E-state index contributed by atoms with van der Waals surface area (Å²) in [7, 11) is 0. The Morgan fingerprint density at radius 1 is 1.50 bits per heavy atom. The molecule has 0 aromatic rings. The molecule has 10 heavy (non-hydrogen) atoms. The first-order valence-electron chi connectivity index (χ1n) is 3.68. The molecule has 0 fully saturated rings. The number of allylic oxidation sites excluding steroid dienone is 2. The Morgan fingerprint density at radius 3 is 2.70 bits per heavy atom. The minimum Gasteiger partial charge on any atom is -0.122 e. The van der Waals surface area contributed by atoms with E-state index < -0.39 is 0 Å². The lowest BCUT2D eigenvalue weighted by atomic mass is 10.2. The first-order chi connectivity index (χ1) is 4.81. The summed E-state index contributed by atoms with van der Waals surface area (Å²) in [6.45, 7) is 2.16. The van der Waals surface area contributed by atoms with Crippen molar-refractivity contribution in [1.29, 1.82) is 0 Å². The van der Waals surface area contributed by atoms with E-state index in [1.807, 2.05) is 12.2 Å². The lowest BCUT2D eigenvalue weighted by molar-refractivity contribution is 0.733. The third-order valence-electron chi connectivity index (χ3n) is 1.27. The van der Waals surface area contributed by atoms with Crippen molar-refractivity contribution in [3.63, 3.8) is 0 Å². The van der Waals surface area contributed by atoms with E-state index in [0.29, 0.717) is 5.88 Å². The van der Waals surface area contributed by atoms with Gasteiger partial charge in [-0.15, -0.1) is 23.2 Å². The van der Waals surface area contributed by atoms with Crippen LogP contribution in [0.4, 0.5) is 0 Å². The van der Waals surface area contributed by atoms with Gasteiger partial charge in [0.2, 0.25) is 0 Å². The summed E-state index contributed by atoms with van der Waals surface area (Å²) in [6, 6.07) is 0. The molecule has 0 aliphatic rings. The molecule has 0 rings (SSSR count). The van der Waals surface area contributed by atoms with Crippen molar-refractivity contribution in [2.45, 2.75) is 31.6 Å². The van der Waals surface area contributed by atoms with Gasteiger partial charge in [-0.3, -0.25) is 0 Å². The van der Waals surface area contributed by atoms with E-state index in [4.69, 9.17) is 23.2 Å². The van der Waals surface area contributed by atoms with Crippen LogP contribution in [-0.4, -0.2) is 11.3 Å². The van der Waals surface area contributed by atoms with Gasteiger partial charge in [0.05, 0.1) is 5.38 Å². The van der Waals surface area contributed by atoms with Gasteiger partial charge in [-0.1, -0.05) is 31.9 Å². The molecule has 0 spiro atoms. The molecule has 2 heteroatoms. The van der Waals surface area contributed by atoms with Crippen molar-refractivity contribution in [3.8, 4) is 0 Å². The van der Waals surface area contributed by atoms with Crippen LogP contribution in [-0.2, 0) is 0 Å². The number of unbranched alkanes of at least 4 members (excludes halogenated alkanes) is 1. The van der Waals surface area contributed by atoms with Crippen molar-refractivity contribution >= 4 is 23.2 Å². The Balaban J connectivity index is 3.24. The molecule has 0 saturated carbocycles. The molecule has 0 saturated heterocycles. The maximum atomic E-state index is 5.89. The van der Waals surface area contributed by atoms with Gasteiger partial charge in [0, 0.05) is 5.88 Å². The predicted molar refractivity (Wildman–Crippen MR) is 49.0 cm³/mol. The molecule has 0 aliphatic heterocycles. The standard InChI is InChI=1S/C8H14Cl2/c1-2-3-5-8(10)6-4-7-9/h4,6,8H,2-3,5,7H2,1H3. The number of hydrogen-bond acceptors (Lipinski definition) is 0. The predicted octanol–water partition coefficient (Wildman–Crippen LogP) is 3.58. The zero-order valence-electron chi connectivity index (χ0n) is 6.32. The summed E-state index contributed by atoms with van der Waals surface area (Å²) in [5, 5.41) is 0.179. The fourth-order valence-electron chi connectivity index (χ4n) is 0.694. The molecule has 0 N–H and O–H groups in total. The highest BCUT2D eigenvalue weighted by atomic mass is 35.5. The summed E-state index contributed by atoms with van der Waals surface area (Å²) in [5.41, 5.74) is 0. The highest BCUT2D eigenvalue weighted by Gasteiger charge is 1.96. The summed E-state index contributed by atoms with van der Waals surface area (Å²) >= 11 is 11.3. The van der Waals surface area contributed by atoms with Crippen LogP contribution in [0.2, 0.25) is 0 Å². The molecule has 0 nitrogen and oxygen atoms in total. The monoisotopic (exact) mass is 180 g/mol. The molecule has 1 unspecified atom stereocenters. The summed E-state index contributed by atoms with van der Waals surface area (Å²) in [4.78, 5) is 0. The van der Waals surface area contributed by atoms with Crippen molar-refractivity contribution in [1.82, 2.24) is 0 Å². The highest BCUT2D eigenvalue weighted by Crippen LogP contribution is 2.08. The Labute approximate surface area is 73.2 Å². The molecule has 1 atom stereocenters. The maximum Gasteiger partial charge on any atom is 0.0516 e. The average Bonchev–Trinajstić information content (AvgIpc) is 1.97. The second kappa shape index (κ2) is 7.43. The van der Waals surface area contributed by atoms with E-state index >= 15 is 0 Å². The molecule has 60 valence electrons. The van der Waals surface area contributed by atoms with E-state index in [-0.39, 0.29) is 5.38 Å². The van der Waals surface area contributed by atoms with E-state index in [2.05, 4.69) is 6.92 Å². The van der Waals surface area contributed by atoms with Gasteiger partial charge >= 0.3 is 0 Å². The Kier molecular flexibility index (Phi) is 7.66. The van der Waals surface area contributed by atoms with E-state index in [9.17, 15) is 0 Å². The number of halogens is 2. The van der Waals surface area contributed by atoms with Crippen molar-refractivity contribution in [3.05, 3.63) is 12.2 Å². The quantitative estimate of drug-likeness (QED) is 0.449. The molecule has 0 bridgehead atoms. The minimum atomic E-state index is 0.179. The number of hydrogen-bond donors (Lipinski definition) is 0. The van der Waals surface area contributed by atoms with Gasteiger partial charge in [-0.2, -0.15) is 0 Å². The van der Waals surface area contributed by atoms with Gasteiger partial charge in [-0.25, -0.2) is 0 Å². The second-order valence-corrected chi connectivity index (χ2v) is 3.11. The second-order valence-electron chi connectivity index (χ2n) is 2.24. The lowest BCUT2D eigenvalue weighted by Gasteiger charge is -2.00. The van der Waals surface area contributed by atoms with Crippen LogP contribution in [0.25, 0.3) is 0 Å². The highest BCUT2D eigenvalue weighted by molar-refractivity contribution is 6.22. The third-order valence-corrected chi connectivity index (χ3v) is 1.81. The SMILES string of the molecule is CCCCC(Cl)C=CCCl. The molecule has 0 radical (unpaired) electrons. The van der Waals surface area contributed by atoms with Crippen LogP contribution in [0, 0.1) is 0 Å². The number of alkyl halides is 2. The zero-order chi connectivity index (χ0) is 7.82. The van der Waals surface area contributed by atoms with Crippen LogP contribution in [0.3, 0.4) is 0 Å². The molecule has 0 aromatic carbocycles. The zero-order valence-corrected chi connectivity index (χ0v) is 7.83. The van der Waals surface area contributed by atoms with E-state index in [1.165, 1.54) is 12.8 Å². The summed E-state index contributed by atoms with van der Waals surface area (Å²) in [6.07, 6.45) is 7.32. The fourth-order valence-corrected chi connectivity index (χ4v) is 1.05.